The number of aromatic nitrogens is 4. The molecule has 4 aromatic rings. The van der Waals surface area contributed by atoms with Crippen molar-refractivity contribution in [2.45, 2.75) is 38.0 Å². The Balaban J connectivity index is 1.22. The summed E-state index contributed by atoms with van der Waals surface area (Å²) in [5.74, 6) is 1.10. The van der Waals surface area contributed by atoms with Crippen LogP contribution in [0.1, 0.15) is 48.6 Å². The SMILES string of the molecule is C=Cn1nc(Nc2ccc(C(O)N(C)CCc3ccccn3)cc2)nc1/C(=C\C)N1CCC(O)(c2ccc(Cl)cc2)CC1. The van der Waals surface area contributed by atoms with Gasteiger partial charge < -0.3 is 20.4 Å². The molecule has 9 nitrogen and oxygen atoms in total. The van der Waals surface area contributed by atoms with Gasteiger partial charge in [0.1, 0.15) is 6.23 Å². The molecule has 3 heterocycles. The lowest BCUT2D eigenvalue weighted by atomic mass is 9.84. The molecule has 0 aliphatic carbocycles. The quantitative estimate of drug-likeness (QED) is 0.189. The number of likely N-dealkylation sites (N-methyl/N-ethyl adjacent to an activating group) is 1. The second kappa shape index (κ2) is 13.5. The topological polar surface area (TPSA) is 103 Å². The van der Waals surface area contributed by atoms with Crippen LogP contribution in [-0.2, 0) is 12.0 Å². The third-order valence-corrected chi connectivity index (χ3v) is 8.20. The summed E-state index contributed by atoms with van der Waals surface area (Å²) >= 11 is 6.05. The van der Waals surface area contributed by atoms with E-state index in [0.717, 1.165) is 34.6 Å². The van der Waals surface area contributed by atoms with Crippen molar-refractivity contribution in [3.05, 3.63) is 113 Å². The third kappa shape index (κ3) is 7.14. The summed E-state index contributed by atoms with van der Waals surface area (Å²) in [4.78, 5) is 13.3. The monoisotopic (exact) mass is 599 g/mol. The summed E-state index contributed by atoms with van der Waals surface area (Å²) in [5.41, 5.74) is 3.49. The minimum absolute atomic E-state index is 0.435. The van der Waals surface area contributed by atoms with Gasteiger partial charge in [-0.05, 0) is 74.3 Å². The van der Waals surface area contributed by atoms with Crippen molar-refractivity contribution >= 4 is 35.1 Å². The first-order valence-corrected chi connectivity index (χ1v) is 14.8. The number of rotatable bonds is 11. The van der Waals surface area contributed by atoms with E-state index in [0.29, 0.717) is 49.3 Å². The molecule has 2 aromatic heterocycles. The van der Waals surface area contributed by atoms with Crippen LogP contribution in [0.15, 0.2) is 85.6 Å². The summed E-state index contributed by atoms with van der Waals surface area (Å²) < 4.78 is 1.66. The van der Waals surface area contributed by atoms with E-state index < -0.39 is 11.8 Å². The highest BCUT2D eigenvalue weighted by molar-refractivity contribution is 6.30. The maximum absolute atomic E-state index is 11.3. The molecule has 1 fully saturated rings. The number of nitrogens with one attached hydrogen (secondary N) is 1. The zero-order valence-corrected chi connectivity index (χ0v) is 25.3. The van der Waals surface area contributed by atoms with Crippen molar-refractivity contribution in [2.24, 2.45) is 0 Å². The van der Waals surface area contributed by atoms with E-state index in [1.807, 2.05) is 91.7 Å². The van der Waals surface area contributed by atoms with Crippen LogP contribution in [0.4, 0.5) is 11.6 Å². The van der Waals surface area contributed by atoms with E-state index in [2.05, 4.69) is 26.9 Å². The third-order valence-electron chi connectivity index (χ3n) is 7.95. The zero-order chi connectivity index (χ0) is 30.4. The molecular weight excluding hydrogens is 562 g/mol. The van der Waals surface area contributed by atoms with E-state index in [-0.39, 0.29) is 0 Å². The molecule has 0 saturated carbocycles. The van der Waals surface area contributed by atoms with E-state index in [4.69, 9.17) is 16.6 Å². The molecule has 1 atom stereocenters. The molecule has 3 N–H and O–H groups in total. The molecule has 1 saturated heterocycles. The number of likely N-dealkylation sites (tertiary alicyclic amines) is 1. The fourth-order valence-electron chi connectivity index (χ4n) is 5.38. The summed E-state index contributed by atoms with van der Waals surface area (Å²) in [6, 6.07) is 20.9. The Morgan fingerprint density at radius 2 is 1.84 bits per heavy atom. The minimum Gasteiger partial charge on any atom is -0.385 e. The molecule has 1 aliphatic rings. The van der Waals surface area contributed by atoms with Gasteiger partial charge in [-0.15, -0.1) is 5.10 Å². The predicted octanol–water partition coefficient (Wildman–Crippen LogP) is 5.68. The second-order valence-electron chi connectivity index (χ2n) is 10.8. The molecule has 5 rings (SSSR count). The molecule has 0 spiro atoms. The highest BCUT2D eigenvalue weighted by Crippen LogP contribution is 2.36. The smallest absolute Gasteiger partial charge is 0.247 e. The van der Waals surface area contributed by atoms with Crippen LogP contribution < -0.4 is 5.32 Å². The van der Waals surface area contributed by atoms with Gasteiger partial charge in [0, 0.05) is 54.9 Å². The van der Waals surface area contributed by atoms with Crippen LogP contribution >= 0.6 is 11.6 Å². The average Bonchev–Trinajstić information content (AvgIpc) is 3.44. The van der Waals surface area contributed by atoms with Gasteiger partial charge in [0.2, 0.25) is 5.95 Å². The molecule has 224 valence electrons. The number of pyridine rings is 1. The number of hydrogen-bond donors (Lipinski definition) is 3. The number of aliphatic hydroxyl groups excluding tert-OH is 1. The standard InChI is InChI=1S/C33H38ClN7O2/c1-4-29(40-22-18-33(43,19-23-40)25-11-13-26(34)14-12-25)30-37-32(38-41(30)5-2)36-28-15-9-24(10-16-28)31(42)39(3)21-17-27-8-6-7-20-35-27/h4-16,20,31,42-43H,2,17-19,21-23H2,1,3H3,(H,36,38)/b29-4+. The Hall–Kier alpha value is -4.02. The second-order valence-corrected chi connectivity index (χ2v) is 11.2. The zero-order valence-electron chi connectivity index (χ0n) is 24.6. The maximum Gasteiger partial charge on any atom is 0.247 e. The van der Waals surface area contributed by atoms with Crippen LogP contribution in [0.3, 0.4) is 0 Å². The molecular formula is C33H38ClN7O2. The van der Waals surface area contributed by atoms with Crippen LogP contribution in [0.2, 0.25) is 5.02 Å². The molecule has 0 bridgehead atoms. The molecule has 1 unspecified atom stereocenters. The number of nitrogens with zero attached hydrogens (tertiary/aromatic N) is 6. The van der Waals surface area contributed by atoms with Gasteiger partial charge in [0.15, 0.2) is 5.82 Å². The maximum atomic E-state index is 11.3. The van der Waals surface area contributed by atoms with E-state index in [1.54, 1.807) is 17.1 Å². The Morgan fingerprint density at radius 3 is 2.47 bits per heavy atom. The first-order chi connectivity index (χ1) is 20.8. The van der Waals surface area contributed by atoms with Crippen molar-refractivity contribution < 1.29 is 10.2 Å². The van der Waals surface area contributed by atoms with E-state index in [1.165, 1.54) is 0 Å². The van der Waals surface area contributed by atoms with Gasteiger partial charge >= 0.3 is 0 Å². The van der Waals surface area contributed by atoms with Gasteiger partial charge in [-0.2, -0.15) is 4.98 Å². The molecule has 2 aromatic carbocycles. The lowest BCUT2D eigenvalue weighted by Crippen LogP contribution is -2.42. The number of hydrogen-bond acceptors (Lipinski definition) is 8. The Labute approximate surface area is 257 Å². The summed E-state index contributed by atoms with van der Waals surface area (Å²) in [5, 5.41) is 30.7. The Bertz CT molecular complexity index is 1530. The number of allylic oxidation sites excluding steroid dienone is 1. The molecule has 10 heteroatoms. The van der Waals surface area contributed by atoms with Gasteiger partial charge in [-0.1, -0.05) is 54.6 Å². The minimum atomic E-state index is -0.896. The number of piperidine rings is 1. The van der Waals surface area contributed by atoms with Gasteiger partial charge in [-0.3, -0.25) is 9.88 Å². The average molecular weight is 600 g/mol. The molecule has 0 radical (unpaired) electrons. The lowest BCUT2D eigenvalue weighted by Gasteiger charge is -2.40. The summed E-state index contributed by atoms with van der Waals surface area (Å²) in [6.45, 7) is 7.89. The number of aliphatic hydroxyl groups is 2. The van der Waals surface area contributed by atoms with Crippen LogP contribution in [0.5, 0.6) is 0 Å². The van der Waals surface area contributed by atoms with Crippen LogP contribution in [0, 0.1) is 0 Å². The van der Waals surface area contributed by atoms with E-state index >= 15 is 0 Å². The highest BCUT2D eigenvalue weighted by Gasteiger charge is 2.35. The summed E-state index contributed by atoms with van der Waals surface area (Å²) in [7, 11) is 1.90. The first kappa shape index (κ1) is 30.4. The first-order valence-electron chi connectivity index (χ1n) is 14.4. The largest absolute Gasteiger partial charge is 0.385 e. The Kier molecular flexibility index (Phi) is 9.57. The lowest BCUT2D eigenvalue weighted by molar-refractivity contribution is -0.0141. The highest BCUT2D eigenvalue weighted by atomic mass is 35.5. The summed E-state index contributed by atoms with van der Waals surface area (Å²) in [6.07, 6.45) is 6.60. The van der Waals surface area contributed by atoms with Gasteiger partial charge in [-0.25, -0.2) is 4.68 Å². The van der Waals surface area contributed by atoms with Crippen LogP contribution in [-0.4, -0.2) is 66.4 Å². The van der Waals surface area contributed by atoms with Gasteiger partial charge in [0.05, 0.1) is 11.3 Å². The van der Waals surface area contributed by atoms with Crippen molar-refractivity contribution in [2.75, 3.05) is 32.0 Å². The van der Waals surface area contributed by atoms with Crippen LogP contribution in [0.25, 0.3) is 11.9 Å². The predicted molar refractivity (Wildman–Crippen MR) is 171 cm³/mol. The number of halogens is 1. The fourth-order valence-corrected chi connectivity index (χ4v) is 5.50. The van der Waals surface area contributed by atoms with Crippen molar-refractivity contribution in [1.29, 1.82) is 0 Å². The molecule has 1 aliphatic heterocycles. The van der Waals surface area contributed by atoms with Gasteiger partial charge in [0.25, 0.3) is 0 Å². The fraction of sp³-hybridized carbons (Fsp3) is 0.303. The number of benzene rings is 2. The van der Waals surface area contributed by atoms with Crippen molar-refractivity contribution in [3.63, 3.8) is 0 Å². The van der Waals surface area contributed by atoms with E-state index in [9.17, 15) is 10.2 Å². The van der Waals surface area contributed by atoms with Crippen molar-refractivity contribution in [1.82, 2.24) is 29.5 Å². The van der Waals surface area contributed by atoms with Crippen molar-refractivity contribution in [3.8, 4) is 0 Å². The normalized spacial score (nSPS) is 15.9. The Morgan fingerprint density at radius 1 is 1.12 bits per heavy atom. The number of anilines is 2. The molecule has 43 heavy (non-hydrogen) atoms. The molecule has 0 amide bonds.